The van der Waals surface area contributed by atoms with E-state index in [2.05, 4.69) is 10.6 Å². The number of amides is 1. The highest BCUT2D eigenvalue weighted by Crippen LogP contribution is 2.22. The van der Waals surface area contributed by atoms with Crippen molar-refractivity contribution in [1.82, 2.24) is 10.6 Å². The Balaban J connectivity index is 2.12. The molecule has 0 aromatic heterocycles. The third-order valence-electron chi connectivity index (χ3n) is 3.99. The van der Waals surface area contributed by atoms with E-state index in [9.17, 15) is 9.59 Å². The van der Waals surface area contributed by atoms with Crippen molar-refractivity contribution in [1.29, 1.82) is 0 Å². The topological polar surface area (TPSA) is 67.4 Å². The molecule has 22 heavy (non-hydrogen) atoms. The Morgan fingerprint density at radius 2 is 2.18 bits per heavy atom. The number of carbonyl (C=O) groups is 2. The molecule has 0 radical (unpaired) electrons. The smallest absolute Gasteiger partial charge is 0.308 e. The van der Waals surface area contributed by atoms with Gasteiger partial charge >= 0.3 is 5.97 Å². The summed E-state index contributed by atoms with van der Waals surface area (Å²) < 4.78 is 5.04. The van der Waals surface area contributed by atoms with Gasteiger partial charge in [0.15, 0.2) is 0 Å². The minimum Gasteiger partial charge on any atom is -0.466 e. The van der Waals surface area contributed by atoms with Gasteiger partial charge < -0.3 is 15.4 Å². The molecule has 1 saturated heterocycles. The highest BCUT2D eigenvalue weighted by molar-refractivity contribution is 5.80. The van der Waals surface area contributed by atoms with E-state index in [1.165, 1.54) is 0 Å². The van der Waals surface area contributed by atoms with Gasteiger partial charge in [0, 0.05) is 6.54 Å². The molecule has 5 heteroatoms. The van der Waals surface area contributed by atoms with Crippen LogP contribution in [-0.4, -0.2) is 31.6 Å². The molecule has 2 unspecified atom stereocenters. The molecule has 120 valence electrons. The van der Waals surface area contributed by atoms with Gasteiger partial charge in [0.2, 0.25) is 5.91 Å². The number of esters is 1. The van der Waals surface area contributed by atoms with Gasteiger partial charge in [-0.05, 0) is 37.9 Å². The van der Waals surface area contributed by atoms with E-state index >= 15 is 0 Å². The Morgan fingerprint density at radius 1 is 1.41 bits per heavy atom. The quantitative estimate of drug-likeness (QED) is 0.785. The highest BCUT2D eigenvalue weighted by Gasteiger charge is 2.27. The van der Waals surface area contributed by atoms with Crippen LogP contribution in [0.2, 0.25) is 0 Å². The maximum atomic E-state index is 12.4. The average Bonchev–Trinajstić information content (AvgIpc) is 3.01. The van der Waals surface area contributed by atoms with Gasteiger partial charge in [-0.25, -0.2) is 0 Å². The Labute approximate surface area is 131 Å². The molecule has 0 saturated carbocycles. The summed E-state index contributed by atoms with van der Waals surface area (Å²) in [6.45, 7) is 5.68. The van der Waals surface area contributed by atoms with E-state index in [-0.39, 0.29) is 30.3 Å². The summed E-state index contributed by atoms with van der Waals surface area (Å²) in [4.78, 5) is 24.2. The van der Waals surface area contributed by atoms with Gasteiger partial charge in [0.25, 0.3) is 0 Å². The summed E-state index contributed by atoms with van der Waals surface area (Å²) in [6.07, 6.45) is 0.996. The molecule has 0 bridgehead atoms. The van der Waals surface area contributed by atoms with Gasteiger partial charge in [0.05, 0.1) is 25.0 Å². The van der Waals surface area contributed by atoms with Gasteiger partial charge in [-0.15, -0.1) is 0 Å². The molecule has 0 aliphatic carbocycles. The maximum absolute atomic E-state index is 12.4. The fraction of sp³-hybridized carbons (Fsp3) is 0.529. The zero-order valence-electron chi connectivity index (χ0n) is 13.2. The summed E-state index contributed by atoms with van der Waals surface area (Å²) in [6, 6.07) is 7.46. The minimum absolute atomic E-state index is 0.00236. The predicted octanol–water partition coefficient (Wildman–Crippen LogP) is 1.72. The van der Waals surface area contributed by atoms with Crippen LogP contribution >= 0.6 is 0 Å². The monoisotopic (exact) mass is 304 g/mol. The van der Waals surface area contributed by atoms with E-state index in [1.54, 1.807) is 6.92 Å². The molecule has 2 N–H and O–H groups in total. The summed E-state index contributed by atoms with van der Waals surface area (Å²) in [7, 11) is 0. The van der Waals surface area contributed by atoms with Crippen LogP contribution in [0.15, 0.2) is 24.3 Å². The number of benzene rings is 1. The Kier molecular flexibility index (Phi) is 5.95. The van der Waals surface area contributed by atoms with Crippen LogP contribution in [0.1, 0.15) is 36.9 Å². The van der Waals surface area contributed by atoms with E-state index in [0.717, 1.165) is 24.1 Å². The Morgan fingerprint density at radius 3 is 2.82 bits per heavy atom. The predicted molar refractivity (Wildman–Crippen MR) is 84.3 cm³/mol. The standard InChI is InChI=1S/C17H24N2O3/c1-3-22-16(20)10-15(14-7-5-4-6-12(14)2)19-17(21)13-8-9-18-11-13/h4-7,13,15,18H,3,8-11H2,1-2H3,(H,19,21). The maximum Gasteiger partial charge on any atom is 0.308 e. The first-order chi connectivity index (χ1) is 10.6. The zero-order chi connectivity index (χ0) is 15.9. The number of hydrogen-bond acceptors (Lipinski definition) is 4. The van der Waals surface area contributed by atoms with Crippen molar-refractivity contribution in [3.63, 3.8) is 0 Å². The first kappa shape index (κ1) is 16.5. The van der Waals surface area contributed by atoms with E-state index < -0.39 is 0 Å². The number of aryl methyl sites for hydroxylation is 1. The first-order valence-electron chi connectivity index (χ1n) is 7.84. The number of ether oxygens (including phenoxy) is 1. The first-order valence-corrected chi connectivity index (χ1v) is 7.84. The molecular formula is C17H24N2O3. The van der Waals surface area contributed by atoms with Gasteiger partial charge in [-0.1, -0.05) is 24.3 Å². The molecule has 1 amide bonds. The van der Waals surface area contributed by atoms with Gasteiger partial charge in [-0.2, -0.15) is 0 Å². The van der Waals surface area contributed by atoms with Crippen molar-refractivity contribution in [3.8, 4) is 0 Å². The molecule has 1 heterocycles. The van der Waals surface area contributed by atoms with Crippen LogP contribution in [0, 0.1) is 12.8 Å². The molecule has 2 atom stereocenters. The zero-order valence-corrected chi connectivity index (χ0v) is 13.2. The van der Waals surface area contributed by atoms with Crippen molar-refractivity contribution in [2.75, 3.05) is 19.7 Å². The van der Waals surface area contributed by atoms with Crippen LogP contribution in [0.3, 0.4) is 0 Å². The second-order valence-corrected chi connectivity index (χ2v) is 5.62. The summed E-state index contributed by atoms with van der Waals surface area (Å²) in [5.74, 6) is -0.308. The van der Waals surface area contributed by atoms with Crippen molar-refractivity contribution < 1.29 is 14.3 Å². The van der Waals surface area contributed by atoms with Crippen molar-refractivity contribution in [2.24, 2.45) is 5.92 Å². The van der Waals surface area contributed by atoms with Gasteiger partial charge in [0.1, 0.15) is 0 Å². The second-order valence-electron chi connectivity index (χ2n) is 5.62. The van der Waals surface area contributed by atoms with E-state index in [0.29, 0.717) is 13.2 Å². The lowest BCUT2D eigenvalue weighted by atomic mass is 9.97. The molecule has 5 nitrogen and oxygen atoms in total. The number of rotatable bonds is 6. The SMILES string of the molecule is CCOC(=O)CC(NC(=O)C1CCNC1)c1ccccc1C. The minimum atomic E-state index is -0.339. The molecule has 1 aliphatic rings. The molecule has 0 spiro atoms. The summed E-state index contributed by atoms with van der Waals surface area (Å²) in [5.41, 5.74) is 2.02. The third-order valence-corrected chi connectivity index (χ3v) is 3.99. The van der Waals surface area contributed by atoms with Gasteiger partial charge in [-0.3, -0.25) is 9.59 Å². The van der Waals surface area contributed by atoms with Crippen molar-refractivity contribution in [3.05, 3.63) is 35.4 Å². The lowest BCUT2D eigenvalue weighted by Gasteiger charge is -2.22. The lowest BCUT2D eigenvalue weighted by Crippen LogP contribution is -2.36. The van der Waals surface area contributed by atoms with Crippen LogP contribution in [0.4, 0.5) is 0 Å². The fourth-order valence-corrected chi connectivity index (χ4v) is 2.77. The summed E-state index contributed by atoms with van der Waals surface area (Å²) in [5, 5.41) is 6.21. The largest absolute Gasteiger partial charge is 0.466 e. The van der Waals surface area contributed by atoms with E-state index in [4.69, 9.17) is 4.74 Å². The second kappa shape index (κ2) is 7.94. The van der Waals surface area contributed by atoms with Crippen molar-refractivity contribution >= 4 is 11.9 Å². The molecule has 2 rings (SSSR count). The molecule has 1 fully saturated rings. The number of nitrogens with one attached hydrogen (secondary N) is 2. The Hall–Kier alpha value is -1.88. The molecular weight excluding hydrogens is 280 g/mol. The molecule has 1 aliphatic heterocycles. The molecule has 1 aromatic rings. The number of carbonyl (C=O) groups excluding carboxylic acids is 2. The highest BCUT2D eigenvalue weighted by atomic mass is 16.5. The number of hydrogen-bond donors (Lipinski definition) is 2. The summed E-state index contributed by atoms with van der Waals surface area (Å²) >= 11 is 0. The normalized spacial score (nSPS) is 18.7. The Bertz CT molecular complexity index is 524. The fourth-order valence-electron chi connectivity index (χ4n) is 2.77. The van der Waals surface area contributed by atoms with Crippen LogP contribution in [-0.2, 0) is 14.3 Å². The van der Waals surface area contributed by atoms with Crippen molar-refractivity contribution in [2.45, 2.75) is 32.7 Å². The van der Waals surface area contributed by atoms with E-state index in [1.807, 2.05) is 31.2 Å². The third kappa shape index (κ3) is 4.31. The lowest BCUT2D eigenvalue weighted by molar-refractivity contribution is -0.143. The van der Waals surface area contributed by atoms with Crippen LogP contribution in [0.25, 0.3) is 0 Å². The van der Waals surface area contributed by atoms with Crippen LogP contribution < -0.4 is 10.6 Å². The molecule has 1 aromatic carbocycles. The van der Waals surface area contributed by atoms with Crippen LogP contribution in [0.5, 0.6) is 0 Å². The average molecular weight is 304 g/mol.